The van der Waals surface area contributed by atoms with Gasteiger partial charge in [0.15, 0.2) is 9.84 Å². The molecule has 1 aromatic carbocycles. The number of hydrogen-bond donors (Lipinski definition) is 1. The molecule has 2 rings (SSSR count). The average Bonchev–Trinajstić information content (AvgIpc) is 2.94. The minimum Gasteiger partial charge on any atom is -0.481 e. The van der Waals surface area contributed by atoms with Gasteiger partial charge in [-0.1, -0.05) is 6.92 Å². The van der Waals surface area contributed by atoms with Crippen molar-refractivity contribution < 1.29 is 23.1 Å². The zero-order chi connectivity index (χ0) is 16.3. The number of carboxylic acid groups (broad SMARTS) is 1. The Morgan fingerprint density at radius 3 is 2.45 bits per heavy atom. The lowest BCUT2D eigenvalue weighted by atomic mass is 10.1. The van der Waals surface area contributed by atoms with Gasteiger partial charge in [-0.2, -0.15) is 0 Å². The zero-order valence-corrected chi connectivity index (χ0v) is 13.2. The first kappa shape index (κ1) is 16.5. The third-order valence-corrected chi connectivity index (χ3v) is 5.64. The van der Waals surface area contributed by atoms with Crippen molar-refractivity contribution in [2.45, 2.75) is 37.1 Å². The van der Waals surface area contributed by atoms with Crippen LogP contribution in [0.4, 0.5) is 0 Å². The topological polar surface area (TPSA) is 91.8 Å². The van der Waals surface area contributed by atoms with E-state index in [4.69, 9.17) is 5.11 Å². The maximum atomic E-state index is 12.5. The van der Waals surface area contributed by atoms with Crippen molar-refractivity contribution in [2.75, 3.05) is 12.3 Å². The second kappa shape index (κ2) is 6.48. The van der Waals surface area contributed by atoms with Gasteiger partial charge in [0, 0.05) is 18.2 Å². The highest BCUT2D eigenvalue weighted by Crippen LogP contribution is 2.23. The monoisotopic (exact) mass is 325 g/mol. The van der Waals surface area contributed by atoms with E-state index in [1.807, 2.05) is 0 Å². The van der Waals surface area contributed by atoms with Crippen LogP contribution in [0.5, 0.6) is 0 Å². The summed E-state index contributed by atoms with van der Waals surface area (Å²) in [6.45, 7) is 2.10. The number of hydrogen-bond acceptors (Lipinski definition) is 4. The van der Waals surface area contributed by atoms with E-state index < -0.39 is 15.8 Å². The number of aliphatic carboxylic acids is 1. The van der Waals surface area contributed by atoms with Crippen molar-refractivity contribution in [1.29, 1.82) is 0 Å². The van der Waals surface area contributed by atoms with Crippen molar-refractivity contribution in [1.82, 2.24) is 4.90 Å². The van der Waals surface area contributed by atoms with Gasteiger partial charge in [-0.05, 0) is 37.1 Å². The Labute approximate surface area is 129 Å². The van der Waals surface area contributed by atoms with Gasteiger partial charge >= 0.3 is 5.97 Å². The van der Waals surface area contributed by atoms with Crippen LogP contribution in [0.3, 0.4) is 0 Å². The number of benzene rings is 1. The van der Waals surface area contributed by atoms with Gasteiger partial charge in [-0.3, -0.25) is 9.59 Å². The first-order valence-electron chi connectivity index (χ1n) is 7.20. The molecular weight excluding hydrogens is 306 g/mol. The minimum atomic E-state index is -3.29. The van der Waals surface area contributed by atoms with Gasteiger partial charge in [0.25, 0.3) is 5.91 Å². The van der Waals surface area contributed by atoms with E-state index in [1.165, 1.54) is 24.3 Å². The Kier molecular flexibility index (Phi) is 4.85. The molecule has 0 aromatic heterocycles. The summed E-state index contributed by atoms with van der Waals surface area (Å²) < 4.78 is 23.5. The van der Waals surface area contributed by atoms with Crippen LogP contribution in [0.2, 0.25) is 0 Å². The average molecular weight is 325 g/mol. The Balaban J connectivity index is 2.18. The highest BCUT2D eigenvalue weighted by molar-refractivity contribution is 7.91. The van der Waals surface area contributed by atoms with Crippen LogP contribution in [0.15, 0.2) is 29.2 Å². The van der Waals surface area contributed by atoms with Crippen molar-refractivity contribution in [3.05, 3.63) is 29.8 Å². The summed E-state index contributed by atoms with van der Waals surface area (Å²) in [6, 6.07) is 5.54. The number of likely N-dealkylation sites (tertiary alicyclic amines) is 1. The first-order valence-corrected chi connectivity index (χ1v) is 8.86. The molecule has 0 aliphatic carbocycles. The largest absolute Gasteiger partial charge is 0.481 e. The molecule has 7 heteroatoms. The summed E-state index contributed by atoms with van der Waals surface area (Å²) in [5.41, 5.74) is 0.382. The number of carboxylic acids is 1. The third-order valence-electron chi connectivity index (χ3n) is 3.89. The van der Waals surface area contributed by atoms with Gasteiger partial charge < -0.3 is 10.0 Å². The molecule has 120 valence electrons. The van der Waals surface area contributed by atoms with Crippen LogP contribution < -0.4 is 0 Å². The molecule has 0 spiro atoms. The van der Waals surface area contributed by atoms with E-state index in [9.17, 15) is 18.0 Å². The summed E-state index contributed by atoms with van der Waals surface area (Å²) in [4.78, 5) is 25.1. The van der Waals surface area contributed by atoms with Crippen LogP contribution in [-0.4, -0.2) is 48.6 Å². The van der Waals surface area contributed by atoms with Crippen LogP contribution in [0, 0.1) is 0 Å². The Hall–Kier alpha value is -1.89. The molecule has 1 saturated heterocycles. The lowest BCUT2D eigenvalue weighted by Gasteiger charge is -2.23. The van der Waals surface area contributed by atoms with Crippen molar-refractivity contribution in [3.8, 4) is 0 Å². The number of amides is 1. The quantitative estimate of drug-likeness (QED) is 0.887. The number of carbonyl (C=O) groups is 2. The standard InChI is InChI=1S/C15H19NO5S/c1-2-22(20,21)13-7-5-11(6-8-13)15(19)16-9-3-4-12(16)10-14(17)18/h5-8,12H,2-4,9-10H2,1H3,(H,17,18). The van der Waals surface area contributed by atoms with Gasteiger partial charge in [0.05, 0.1) is 17.1 Å². The molecule has 0 saturated carbocycles. The predicted molar refractivity (Wildman–Crippen MR) is 80.5 cm³/mol. The van der Waals surface area contributed by atoms with Gasteiger partial charge in [0.1, 0.15) is 0 Å². The Morgan fingerprint density at radius 2 is 1.91 bits per heavy atom. The lowest BCUT2D eigenvalue weighted by molar-refractivity contribution is -0.137. The van der Waals surface area contributed by atoms with E-state index in [0.717, 1.165) is 6.42 Å². The maximum Gasteiger partial charge on any atom is 0.305 e. The van der Waals surface area contributed by atoms with Crippen LogP contribution in [-0.2, 0) is 14.6 Å². The van der Waals surface area contributed by atoms with E-state index in [0.29, 0.717) is 18.5 Å². The summed E-state index contributed by atoms with van der Waals surface area (Å²) in [6.07, 6.45) is 1.40. The van der Waals surface area contributed by atoms with Crippen molar-refractivity contribution in [3.63, 3.8) is 0 Å². The second-order valence-corrected chi connectivity index (χ2v) is 7.60. The second-order valence-electron chi connectivity index (χ2n) is 5.32. The Bertz CT molecular complexity index is 666. The van der Waals surface area contributed by atoms with Gasteiger partial charge in [-0.15, -0.1) is 0 Å². The molecule has 22 heavy (non-hydrogen) atoms. The van der Waals surface area contributed by atoms with E-state index in [-0.39, 0.29) is 29.0 Å². The fourth-order valence-corrected chi connectivity index (χ4v) is 3.54. The van der Waals surface area contributed by atoms with Gasteiger partial charge in [-0.25, -0.2) is 8.42 Å². The zero-order valence-electron chi connectivity index (χ0n) is 12.4. The predicted octanol–water partition coefficient (Wildman–Crippen LogP) is 1.56. The number of carbonyl (C=O) groups excluding carboxylic acids is 1. The fraction of sp³-hybridized carbons (Fsp3) is 0.467. The lowest BCUT2D eigenvalue weighted by Crippen LogP contribution is -2.36. The highest BCUT2D eigenvalue weighted by Gasteiger charge is 2.31. The van der Waals surface area contributed by atoms with Crippen LogP contribution in [0.1, 0.15) is 36.5 Å². The third kappa shape index (κ3) is 3.47. The number of sulfone groups is 1. The maximum absolute atomic E-state index is 12.5. The summed E-state index contributed by atoms with van der Waals surface area (Å²) in [7, 11) is -3.29. The summed E-state index contributed by atoms with van der Waals surface area (Å²) in [5.74, 6) is -1.16. The molecule has 0 radical (unpaired) electrons. The molecule has 0 bridgehead atoms. The molecule has 1 amide bonds. The molecule has 1 aromatic rings. The number of nitrogens with zero attached hydrogens (tertiary/aromatic N) is 1. The van der Waals surface area contributed by atoms with E-state index in [1.54, 1.807) is 11.8 Å². The Morgan fingerprint density at radius 1 is 1.27 bits per heavy atom. The molecule has 1 N–H and O–H groups in total. The SMILES string of the molecule is CCS(=O)(=O)c1ccc(C(=O)N2CCCC2CC(=O)O)cc1. The molecule has 1 atom stereocenters. The number of rotatable bonds is 5. The van der Waals surface area contributed by atoms with Crippen LogP contribution >= 0.6 is 0 Å². The molecule has 1 aliphatic heterocycles. The molecule has 1 unspecified atom stereocenters. The molecule has 1 fully saturated rings. The van der Waals surface area contributed by atoms with Gasteiger partial charge in [0.2, 0.25) is 0 Å². The fourth-order valence-electron chi connectivity index (χ4n) is 2.65. The molecule has 6 nitrogen and oxygen atoms in total. The van der Waals surface area contributed by atoms with Crippen molar-refractivity contribution >= 4 is 21.7 Å². The summed E-state index contributed by atoms with van der Waals surface area (Å²) in [5, 5.41) is 8.89. The van der Waals surface area contributed by atoms with Crippen LogP contribution in [0.25, 0.3) is 0 Å². The van der Waals surface area contributed by atoms with E-state index in [2.05, 4.69) is 0 Å². The summed E-state index contributed by atoms with van der Waals surface area (Å²) >= 11 is 0. The van der Waals surface area contributed by atoms with E-state index >= 15 is 0 Å². The van der Waals surface area contributed by atoms with Crippen molar-refractivity contribution in [2.24, 2.45) is 0 Å². The molecule has 1 heterocycles. The molecule has 1 aliphatic rings. The minimum absolute atomic E-state index is 0.00705. The highest BCUT2D eigenvalue weighted by atomic mass is 32.2. The smallest absolute Gasteiger partial charge is 0.305 e. The normalized spacial score (nSPS) is 18.4. The first-order chi connectivity index (χ1) is 10.3. The molecular formula is C15H19NO5S.